The fraction of sp³-hybridized carbons (Fsp3) is 0.161. The van der Waals surface area contributed by atoms with E-state index < -0.39 is 0 Å². The zero-order valence-electron chi connectivity index (χ0n) is 21.3. The molecule has 39 heavy (non-hydrogen) atoms. The highest BCUT2D eigenvalue weighted by molar-refractivity contribution is 6.30. The molecule has 1 aliphatic rings. The lowest BCUT2D eigenvalue weighted by atomic mass is 10.0. The van der Waals surface area contributed by atoms with Crippen LogP contribution in [0.3, 0.4) is 0 Å². The van der Waals surface area contributed by atoms with Crippen molar-refractivity contribution in [3.8, 4) is 11.5 Å². The van der Waals surface area contributed by atoms with Gasteiger partial charge in [0.1, 0.15) is 25.6 Å². The summed E-state index contributed by atoms with van der Waals surface area (Å²) in [5.41, 5.74) is 6.06. The number of amides is 1. The van der Waals surface area contributed by atoms with Gasteiger partial charge in [-0.25, -0.2) is 0 Å². The predicted molar refractivity (Wildman–Crippen MR) is 152 cm³/mol. The van der Waals surface area contributed by atoms with Crippen molar-refractivity contribution < 1.29 is 14.3 Å². The third-order valence-electron chi connectivity index (χ3n) is 6.29. The first-order chi connectivity index (χ1) is 19.1. The molecule has 0 aliphatic carbocycles. The van der Waals surface area contributed by atoms with E-state index in [1.807, 2.05) is 78.9 Å². The van der Waals surface area contributed by atoms with Gasteiger partial charge < -0.3 is 19.8 Å². The average molecular weight is 542 g/mol. The van der Waals surface area contributed by atoms with E-state index in [1.54, 1.807) is 15.8 Å². The number of nitrogens with one attached hydrogen (secondary N) is 1. The van der Waals surface area contributed by atoms with E-state index in [4.69, 9.17) is 21.1 Å². The Hall–Kier alpha value is -4.49. The van der Waals surface area contributed by atoms with Gasteiger partial charge >= 0.3 is 0 Å². The van der Waals surface area contributed by atoms with Crippen molar-refractivity contribution in [2.45, 2.75) is 13.0 Å². The van der Waals surface area contributed by atoms with Gasteiger partial charge in [-0.15, -0.1) is 0 Å². The summed E-state index contributed by atoms with van der Waals surface area (Å²) < 4.78 is 13.4. The van der Waals surface area contributed by atoms with Gasteiger partial charge in [0.2, 0.25) is 5.43 Å². The maximum atomic E-state index is 13.3. The maximum absolute atomic E-state index is 13.3. The van der Waals surface area contributed by atoms with Crippen LogP contribution in [0.4, 0.5) is 0 Å². The van der Waals surface area contributed by atoms with Crippen molar-refractivity contribution in [2.75, 3.05) is 25.2 Å². The molecule has 8 heteroatoms. The molecule has 2 heterocycles. The highest BCUT2D eigenvalue weighted by Gasteiger charge is 2.28. The summed E-state index contributed by atoms with van der Waals surface area (Å²) in [4.78, 5) is 27.5. The Morgan fingerprint density at radius 2 is 1.62 bits per heavy atom. The van der Waals surface area contributed by atoms with Crippen LogP contribution in [-0.4, -0.2) is 35.3 Å². The predicted octanol–water partition coefficient (Wildman–Crippen LogP) is 5.26. The lowest BCUT2D eigenvalue weighted by molar-refractivity contribution is 0.0738. The van der Waals surface area contributed by atoms with E-state index in [-0.39, 0.29) is 36.1 Å². The molecule has 0 atom stereocenters. The Labute approximate surface area is 231 Å². The molecule has 0 fully saturated rings. The molecule has 4 aromatic rings. The molecular formula is C31H28ClN3O4. The number of fused-ring (bicyclic) bond motifs is 1. The van der Waals surface area contributed by atoms with Gasteiger partial charge in [0, 0.05) is 30.3 Å². The summed E-state index contributed by atoms with van der Waals surface area (Å²) >= 11 is 6.23. The van der Waals surface area contributed by atoms with Crippen LogP contribution in [0.1, 0.15) is 27.2 Å². The van der Waals surface area contributed by atoms with Gasteiger partial charge in [-0.1, -0.05) is 78.3 Å². The average Bonchev–Trinajstić information content (AvgIpc) is 2.95. The molecule has 0 saturated carbocycles. The largest absolute Gasteiger partial charge is 0.489 e. The molecule has 0 unspecified atom stereocenters. The number of rotatable bonds is 10. The number of aromatic nitrogens is 1. The van der Waals surface area contributed by atoms with Gasteiger partial charge in [0.25, 0.3) is 5.91 Å². The Morgan fingerprint density at radius 1 is 0.872 bits per heavy atom. The standard InChI is InChI=1S/C31H28ClN3O4/c32-26-13-14-28(25(20-26)19-23-9-3-1-4-10-23)38-18-8-7-16-34-22-33-35-17-15-27(36)30(29(35)31(34)37)39-21-24-11-5-2-6-12-24/h1-15,17,20,33H,16,18-19,21-22H2/b8-7-. The van der Waals surface area contributed by atoms with Crippen molar-refractivity contribution in [3.05, 3.63) is 141 Å². The van der Waals surface area contributed by atoms with E-state index >= 15 is 0 Å². The molecule has 7 nitrogen and oxygen atoms in total. The van der Waals surface area contributed by atoms with Crippen molar-refractivity contribution in [1.82, 2.24) is 9.58 Å². The van der Waals surface area contributed by atoms with Gasteiger partial charge in [-0.05, 0) is 41.0 Å². The number of hydrogen-bond donors (Lipinski definition) is 1. The number of carbonyl (C=O) groups is 1. The van der Waals surface area contributed by atoms with Crippen molar-refractivity contribution in [3.63, 3.8) is 0 Å². The summed E-state index contributed by atoms with van der Waals surface area (Å²) in [6.07, 6.45) is 5.99. The zero-order chi connectivity index (χ0) is 27.0. The van der Waals surface area contributed by atoms with Gasteiger partial charge in [-0.3, -0.25) is 14.3 Å². The summed E-state index contributed by atoms with van der Waals surface area (Å²) in [7, 11) is 0. The van der Waals surface area contributed by atoms with Gasteiger partial charge in [0.05, 0.1) is 0 Å². The van der Waals surface area contributed by atoms with Crippen LogP contribution < -0.4 is 20.3 Å². The SMILES string of the molecule is O=C1c2c(OCc3ccccc3)c(=O)ccn2NCN1C/C=C\COc1ccc(Cl)cc1Cc1ccccc1. The second-order valence-electron chi connectivity index (χ2n) is 9.04. The number of ether oxygens (including phenoxy) is 2. The molecule has 1 aliphatic heterocycles. The van der Waals surface area contributed by atoms with E-state index in [0.29, 0.717) is 24.6 Å². The Bertz CT molecular complexity index is 1520. The Morgan fingerprint density at radius 3 is 2.38 bits per heavy atom. The summed E-state index contributed by atoms with van der Waals surface area (Å²) in [6.45, 7) is 1.15. The molecule has 1 amide bonds. The number of carbonyl (C=O) groups excluding carboxylic acids is 1. The fourth-order valence-electron chi connectivity index (χ4n) is 4.30. The molecule has 0 spiro atoms. The molecule has 198 valence electrons. The van der Waals surface area contributed by atoms with Crippen LogP contribution in [-0.2, 0) is 13.0 Å². The minimum atomic E-state index is -0.340. The number of benzene rings is 3. The van der Waals surface area contributed by atoms with Crippen LogP contribution in [0, 0.1) is 0 Å². The highest BCUT2D eigenvalue weighted by Crippen LogP contribution is 2.26. The summed E-state index contributed by atoms with van der Waals surface area (Å²) in [6, 6.07) is 26.6. The van der Waals surface area contributed by atoms with Gasteiger partial charge in [-0.2, -0.15) is 0 Å². The van der Waals surface area contributed by atoms with Gasteiger partial charge in [0.15, 0.2) is 11.4 Å². The topological polar surface area (TPSA) is 72.8 Å². The molecule has 3 aromatic carbocycles. The first-order valence-corrected chi connectivity index (χ1v) is 13.0. The van der Waals surface area contributed by atoms with E-state index in [0.717, 1.165) is 16.9 Å². The molecule has 0 saturated heterocycles. The van der Waals surface area contributed by atoms with E-state index in [2.05, 4.69) is 17.6 Å². The first kappa shape index (κ1) is 26.1. The normalized spacial score (nSPS) is 12.7. The number of hydrogen-bond acceptors (Lipinski definition) is 5. The lowest BCUT2D eigenvalue weighted by Crippen LogP contribution is -2.46. The second-order valence-corrected chi connectivity index (χ2v) is 9.48. The van der Waals surface area contributed by atoms with E-state index in [9.17, 15) is 9.59 Å². The van der Waals surface area contributed by atoms with Crippen LogP contribution >= 0.6 is 11.6 Å². The maximum Gasteiger partial charge on any atom is 0.278 e. The Balaban J connectivity index is 1.21. The minimum absolute atomic E-state index is 0.0320. The highest BCUT2D eigenvalue weighted by atomic mass is 35.5. The Kier molecular flexibility index (Phi) is 8.29. The van der Waals surface area contributed by atoms with Crippen molar-refractivity contribution >= 4 is 17.5 Å². The number of pyridine rings is 1. The monoisotopic (exact) mass is 541 g/mol. The zero-order valence-corrected chi connectivity index (χ0v) is 22.0. The van der Waals surface area contributed by atoms with E-state index in [1.165, 1.54) is 11.6 Å². The smallest absolute Gasteiger partial charge is 0.278 e. The molecule has 0 bridgehead atoms. The third-order valence-corrected chi connectivity index (χ3v) is 6.53. The van der Waals surface area contributed by atoms with Crippen LogP contribution in [0.2, 0.25) is 5.02 Å². The van der Waals surface area contributed by atoms with Crippen molar-refractivity contribution in [1.29, 1.82) is 0 Å². The van der Waals surface area contributed by atoms with Crippen LogP contribution in [0.25, 0.3) is 0 Å². The quantitative estimate of drug-likeness (QED) is 0.277. The number of nitrogens with zero attached hydrogens (tertiary/aromatic N) is 2. The lowest BCUT2D eigenvalue weighted by Gasteiger charge is -2.31. The summed E-state index contributed by atoms with van der Waals surface area (Å²) in [5.74, 6) is 0.504. The summed E-state index contributed by atoms with van der Waals surface area (Å²) in [5, 5.41) is 0.659. The second kappa shape index (κ2) is 12.4. The van der Waals surface area contributed by atoms with Crippen molar-refractivity contribution in [2.24, 2.45) is 0 Å². The molecule has 1 N–H and O–H groups in total. The third kappa shape index (κ3) is 6.51. The minimum Gasteiger partial charge on any atom is -0.489 e. The molecule has 5 rings (SSSR count). The molecular weight excluding hydrogens is 514 g/mol. The first-order valence-electron chi connectivity index (χ1n) is 12.6. The fourth-order valence-corrected chi connectivity index (χ4v) is 4.50. The molecule has 1 aromatic heterocycles. The molecule has 0 radical (unpaired) electrons. The van der Waals surface area contributed by atoms with Crippen LogP contribution in [0.5, 0.6) is 11.5 Å². The van der Waals surface area contributed by atoms with Crippen LogP contribution in [0.15, 0.2) is 108 Å². The number of halogens is 1.